The minimum absolute atomic E-state index is 0.650. The second-order valence-corrected chi connectivity index (χ2v) is 23.3. The molecule has 0 atom stereocenters. The second-order valence-electron chi connectivity index (χ2n) is 8.80. The van der Waals surface area contributed by atoms with Crippen LogP contribution in [0.4, 0.5) is 0 Å². The molecule has 0 heterocycles. The van der Waals surface area contributed by atoms with Gasteiger partial charge in [0.1, 0.15) is 0 Å². The molecule has 0 aromatic heterocycles. The van der Waals surface area contributed by atoms with Crippen LogP contribution >= 0.6 is 46.4 Å². The van der Waals surface area contributed by atoms with Gasteiger partial charge in [-0.3, -0.25) is 0 Å². The van der Waals surface area contributed by atoms with Gasteiger partial charge in [0.2, 0.25) is 0 Å². The maximum absolute atomic E-state index is 6.60. The zero-order chi connectivity index (χ0) is 20.4. The fraction of sp³-hybridized carbons (Fsp3) is 0.500. The Hall–Kier alpha value is 0.399. The van der Waals surface area contributed by atoms with Gasteiger partial charge in [-0.25, -0.2) is 0 Å². The Morgan fingerprint density at radius 1 is 0.517 bits per heavy atom. The quantitative estimate of drug-likeness (QED) is 0.320. The van der Waals surface area contributed by atoms with E-state index >= 15 is 0 Å². The van der Waals surface area contributed by atoms with Gasteiger partial charge in [0.05, 0.1) is 0 Å². The zero-order valence-electron chi connectivity index (χ0n) is 16.7. The molecule has 2 aliphatic carbocycles. The molecule has 2 aromatic carbocycles. The summed E-state index contributed by atoms with van der Waals surface area (Å²) >= 11 is 22.7. The Balaban J connectivity index is 1.97. The van der Waals surface area contributed by atoms with Crippen LogP contribution < -0.4 is 7.16 Å². The normalized spacial score (nSPS) is 19.4. The first-order valence-electron chi connectivity index (χ1n) is 10.9. The van der Waals surface area contributed by atoms with Crippen molar-refractivity contribution in [2.45, 2.75) is 72.1 Å². The van der Waals surface area contributed by atoms with Gasteiger partial charge in [0.25, 0.3) is 0 Å². The molecule has 5 heteroatoms. The summed E-state index contributed by atoms with van der Waals surface area (Å²) < 4.78 is 4.59. The summed E-state index contributed by atoms with van der Waals surface area (Å²) in [6.07, 6.45) is 13.5. The molecule has 2 fully saturated rings. The average molecular weight is 577 g/mol. The van der Waals surface area contributed by atoms with E-state index in [2.05, 4.69) is 24.3 Å². The Morgan fingerprint density at radius 2 is 0.897 bits per heavy atom. The van der Waals surface area contributed by atoms with Gasteiger partial charge in [-0.05, 0) is 0 Å². The van der Waals surface area contributed by atoms with E-state index in [4.69, 9.17) is 46.4 Å². The van der Waals surface area contributed by atoms with Crippen LogP contribution in [0.25, 0.3) is 0 Å². The van der Waals surface area contributed by atoms with E-state index in [1.54, 1.807) is 0 Å². The van der Waals surface area contributed by atoms with Crippen LogP contribution in [-0.4, -0.2) is 18.4 Å². The molecule has 2 aromatic rings. The fourth-order valence-electron chi connectivity index (χ4n) is 6.07. The minimum atomic E-state index is -3.19. The molecule has 0 unspecified atom stereocenters. The molecule has 4 rings (SSSR count). The van der Waals surface area contributed by atoms with Gasteiger partial charge < -0.3 is 0 Å². The van der Waals surface area contributed by atoms with Crippen LogP contribution in [0.15, 0.2) is 36.4 Å². The zero-order valence-corrected chi connectivity index (χ0v) is 22.6. The number of benzene rings is 2. The number of rotatable bonds is 4. The summed E-state index contributed by atoms with van der Waals surface area (Å²) in [5, 5.41) is 2.68. The van der Waals surface area contributed by atoms with Gasteiger partial charge in [-0.1, -0.05) is 0 Å². The molecule has 0 N–H and O–H groups in total. The van der Waals surface area contributed by atoms with Crippen LogP contribution in [0.5, 0.6) is 0 Å². The topological polar surface area (TPSA) is 0 Å². The molecule has 0 bridgehead atoms. The summed E-state index contributed by atoms with van der Waals surface area (Å²) in [7, 11) is 0. The van der Waals surface area contributed by atoms with E-state index in [1.165, 1.54) is 71.4 Å². The van der Waals surface area contributed by atoms with E-state index in [0.29, 0.717) is 20.1 Å². The third kappa shape index (κ3) is 4.49. The standard InChI is InChI=1S/2C6H3Cl2.2C6H11.Sn/c2*7-5-3-1-2-4-6(5)8;2*1-2-4-6-5-3-1;/h2*1,3-4H;2*1H,2-6H2;. The van der Waals surface area contributed by atoms with Crippen molar-refractivity contribution < 1.29 is 0 Å². The first-order chi connectivity index (χ1) is 14.0. The predicted octanol–water partition coefficient (Wildman–Crippen LogP) is 8.53. The molecule has 0 spiro atoms. The SMILES string of the molecule is Clc1cc[c]([Sn]([c]2ccc(Cl)c(Cl)c2)([CH]2CCCCC2)[CH]2CCCCC2)cc1Cl. The number of hydrogen-bond acceptors (Lipinski definition) is 0. The number of halogens is 4. The van der Waals surface area contributed by atoms with Crippen LogP contribution in [0.1, 0.15) is 64.2 Å². The maximum atomic E-state index is 6.60. The molecule has 0 nitrogen and oxygen atoms in total. The van der Waals surface area contributed by atoms with Crippen molar-refractivity contribution in [3.63, 3.8) is 0 Å². The predicted molar refractivity (Wildman–Crippen MR) is 132 cm³/mol. The number of hydrogen-bond donors (Lipinski definition) is 0. The molecule has 29 heavy (non-hydrogen) atoms. The molecule has 2 saturated carbocycles. The Morgan fingerprint density at radius 3 is 1.24 bits per heavy atom. The van der Waals surface area contributed by atoms with Gasteiger partial charge in [0, 0.05) is 0 Å². The van der Waals surface area contributed by atoms with Crippen molar-refractivity contribution in [3.05, 3.63) is 56.5 Å². The fourth-order valence-corrected chi connectivity index (χ4v) is 27.2. The average Bonchev–Trinajstić information content (AvgIpc) is 2.75. The first kappa shape index (κ1) is 22.6. The van der Waals surface area contributed by atoms with Gasteiger partial charge in [-0.15, -0.1) is 0 Å². The van der Waals surface area contributed by atoms with Crippen molar-refractivity contribution in [2.75, 3.05) is 0 Å². The van der Waals surface area contributed by atoms with Crippen LogP contribution in [0, 0.1) is 0 Å². The van der Waals surface area contributed by atoms with Crippen LogP contribution in [-0.2, 0) is 0 Å². The van der Waals surface area contributed by atoms with Crippen LogP contribution in [0.3, 0.4) is 0 Å². The van der Waals surface area contributed by atoms with Crippen molar-refractivity contribution in [3.8, 4) is 0 Å². The molecule has 156 valence electrons. The molecule has 0 saturated heterocycles. The summed E-state index contributed by atoms with van der Waals surface area (Å²) in [5.41, 5.74) is 0. The Kier molecular flexibility index (Phi) is 7.71. The molecule has 0 amide bonds. The Bertz CT molecular complexity index is 782. The van der Waals surface area contributed by atoms with Crippen LogP contribution in [0.2, 0.25) is 28.0 Å². The molecule has 0 radical (unpaired) electrons. The van der Waals surface area contributed by atoms with Crippen molar-refractivity contribution in [1.29, 1.82) is 0 Å². The van der Waals surface area contributed by atoms with E-state index in [9.17, 15) is 0 Å². The summed E-state index contributed by atoms with van der Waals surface area (Å²) in [6, 6.07) is 13.1. The van der Waals surface area contributed by atoms with Gasteiger partial charge >= 0.3 is 201 Å². The van der Waals surface area contributed by atoms with E-state index in [0.717, 1.165) is 7.87 Å². The second kappa shape index (κ2) is 9.90. The summed E-state index contributed by atoms with van der Waals surface area (Å²) in [4.78, 5) is 0. The molecule has 2 aliphatic rings. The van der Waals surface area contributed by atoms with E-state index in [-0.39, 0.29) is 0 Å². The van der Waals surface area contributed by atoms with E-state index in [1.807, 2.05) is 12.1 Å². The monoisotopic (exact) mass is 576 g/mol. The third-order valence-corrected chi connectivity index (χ3v) is 26.6. The van der Waals surface area contributed by atoms with Gasteiger partial charge in [-0.2, -0.15) is 0 Å². The Labute approximate surface area is 199 Å². The molecular weight excluding hydrogens is 549 g/mol. The summed E-state index contributed by atoms with van der Waals surface area (Å²) in [5.74, 6) is 0. The first-order valence-corrected chi connectivity index (χ1v) is 18.6. The van der Waals surface area contributed by atoms with Crippen molar-refractivity contribution in [2.24, 2.45) is 0 Å². The van der Waals surface area contributed by atoms with Crippen molar-refractivity contribution in [1.82, 2.24) is 0 Å². The molecule has 0 aliphatic heterocycles. The molecular formula is C24H28Cl4Sn. The van der Waals surface area contributed by atoms with E-state index < -0.39 is 18.4 Å². The summed E-state index contributed by atoms with van der Waals surface area (Å²) in [6.45, 7) is 0. The van der Waals surface area contributed by atoms with Gasteiger partial charge in [0.15, 0.2) is 0 Å². The van der Waals surface area contributed by atoms with Crippen molar-refractivity contribution >= 4 is 71.9 Å². The third-order valence-electron chi connectivity index (χ3n) is 7.29.